The third-order valence-corrected chi connectivity index (χ3v) is 4.26. The standard InChI is InChI=1S/C21H18N4O5/c1-13-5-6-17(9-19(13)25(28)29)24-21(27)15-4-2-3-14(7-15)12-30-18-8-16(20(22)26)10-23-11-18/h2-11H,12H2,1H3,(H2,22,26)(H,24,27). The van der Waals surface area contributed by atoms with Crippen LogP contribution in [0.1, 0.15) is 31.8 Å². The number of nitrogens with zero attached hydrogens (tertiary/aromatic N) is 2. The van der Waals surface area contributed by atoms with Crippen molar-refractivity contribution in [1.82, 2.24) is 4.98 Å². The van der Waals surface area contributed by atoms with Gasteiger partial charge < -0.3 is 15.8 Å². The molecule has 1 aromatic heterocycles. The molecule has 0 aliphatic heterocycles. The number of rotatable bonds is 7. The number of aromatic nitrogens is 1. The Morgan fingerprint density at radius 1 is 1.13 bits per heavy atom. The molecule has 0 aliphatic rings. The van der Waals surface area contributed by atoms with Gasteiger partial charge in [0.05, 0.1) is 16.7 Å². The molecule has 0 atom stereocenters. The number of nitrogens with one attached hydrogen (secondary N) is 1. The van der Waals surface area contributed by atoms with Crippen LogP contribution in [0.2, 0.25) is 0 Å². The van der Waals surface area contributed by atoms with Crippen LogP contribution in [-0.2, 0) is 6.61 Å². The van der Waals surface area contributed by atoms with E-state index in [-0.39, 0.29) is 17.9 Å². The fourth-order valence-electron chi connectivity index (χ4n) is 2.69. The van der Waals surface area contributed by atoms with Gasteiger partial charge in [-0.1, -0.05) is 18.2 Å². The summed E-state index contributed by atoms with van der Waals surface area (Å²) in [4.78, 5) is 38.2. The number of primary amides is 1. The Labute approximate surface area is 171 Å². The molecule has 0 saturated heterocycles. The summed E-state index contributed by atoms with van der Waals surface area (Å²) in [6.45, 7) is 1.77. The molecule has 0 unspecified atom stereocenters. The second-order valence-corrected chi connectivity index (χ2v) is 6.48. The van der Waals surface area contributed by atoms with E-state index in [9.17, 15) is 19.7 Å². The second kappa shape index (κ2) is 8.82. The normalized spacial score (nSPS) is 10.3. The molecule has 0 fully saturated rings. The number of nitrogens with two attached hydrogens (primary N) is 1. The smallest absolute Gasteiger partial charge is 0.274 e. The van der Waals surface area contributed by atoms with Crippen LogP contribution in [0.3, 0.4) is 0 Å². The summed E-state index contributed by atoms with van der Waals surface area (Å²) in [5, 5.41) is 13.7. The zero-order valence-corrected chi connectivity index (χ0v) is 16.0. The van der Waals surface area contributed by atoms with Gasteiger partial charge in [0.25, 0.3) is 11.6 Å². The van der Waals surface area contributed by atoms with Crippen molar-refractivity contribution in [3.63, 3.8) is 0 Å². The minimum Gasteiger partial charge on any atom is -0.487 e. The van der Waals surface area contributed by atoms with Gasteiger partial charge in [-0.25, -0.2) is 0 Å². The van der Waals surface area contributed by atoms with Crippen LogP contribution in [0.15, 0.2) is 60.9 Å². The van der Waals surface area contributed by atoms with E-state index < -0.39 is 16.7 Å². The van der Waals surface area contributed by atoms with Crippen molar-refractivity contribution in [2.45, 2.75) is 13.5 Å². The maximum absolute atomic E-state index is 12.5. The third kappa shape index (κ3) is 4.96. The van der Waals surface area contributed by atoms with Gasteiger partial charge in [-0.3, -0.25) is 24.7 Å². The number of ether oxygens (including phenoxy) is 1. The first-order valence-electron chi connectivity index (χ1n) is 8.86. The minimum absolute atomic E-state index is 0.0678. The van der Waals surface area contributed by atoms with Crippen molar-refractivity contribution in [2.75, 3.05) is 5.32 Å². The fourth-order valence-corrected chi connectivity index (χ4v) is 2.69. The lowest BCUT2D eigenvalue weighted by Gasteiger charge is -2.09. The SMILES string of the molecule is Cc1ccc(NC(=O)c2cccc(COc3cncc(C(N)=O)c3)c2)cc1[N+](=O)[O-]. The maximum atomic E-state index is 12.5. The Kier molecular flexibility index (Phi) is 6.02. The molecule has 9 nitrogen and oxygen atoms in total. The molecular formula is C21H18N4O5. The molecule has 9 heteroatoms. The first-order valence-corrected chi connectivity index (χ1v) is 8.86. The number of nitro benzene ring substituents is 1. The van der Waals surface area contributed by atoms with Gasteiger partial charge in [0.2, 0.25) is 5.91 Å². The predicted octanol–water partition coefficient (Wildman–Crippen LogP) is 3.23. The Morgan fingerprint density at radius 3 is 2.67 bits per heavy atom. The Balaban J connectivity index is 1.70. The lowest BCUT2D eigenvalue weighted by molar-refractivity contribution is -0.385. The molecule has 0 aliphatic carbocycles. The van der Waals surface area contributed by atoms with Crippen molar-refractivity contribution in [3.05, 3.63) is 93.3 Å². The molecule has 3 aromatic rings. The second-order valence-electron chi connectivity index (χ2n) is 6.48. The summed E-state index contributed by atoms with van der Waals surface area (Å²) in [6, 6.07) is 12.7. The lowest BCUT2D eigenvalue weighted by Crippen LogP contribution is -2.13. The van der Waals surface area contributed by atoms with Gasteiger partial charge in [-0.05, 0) is 36.8 Å². The highest BCUT2D eigenvalue weighted by Crippen LogP contribution is 2.23. The molecule has 2 aromatic carbocycles. The van der Waals surface area contributed by atoms with Crippen LogP contribution in [0.5, 0.6) is 5.75 Å². The van der Waals surface area contributed by atoms with Crippen molar-refractivity contribution >= 4 is 23.2 Å². The number of nitro groups is 1. The van der Waals surface area contributed by atoms with Crippen LogP contribution in [0, 0.1) is 17.0 Å². The molecule has 0 bridgehead atoms. The number of carbonyl (C=O) groups excluding carboxylic acids is 2. The van der Waals surface area contributed by atoms with E-state index in [0.29, 0.717) is 28.1 Å². The number of hydrogen-bond donors (Lipinski definition) is 2. The van der Waals surface area contributed by atoms with Gasteiger partial charge in [-0.2, -0.15) is 0 Å². The van der Waals surface area contributed by atoms with E-state index in [1.807, 2.05) is 0 Å². The molecule has 2 amide bonds. The number of aryl methyl sites for hydroxylation is 1. The van der Waals surface area contributed by atoms with Gasteiger partial charge in [0.1, 0.15) is 12.4 Å². The molecule has 152 valence electrons. The number of anilines is 1. The Bertz CT molecular complexity index is 1130. The van der Waals surface area contributed by atoms with Crippen molar-refractivity contribution < 1.29 is 19.2 Å². The fraction of sp³-hybridized carbons (Fsp3) is 0.0952. The third-order valence-electron chi connectivity index (χ3n) is 4.26. The average Bonchev–Trinajstić information content (AvgIpc) is 2.73. The van der Waals surface area contributed by atoms with Gasteiger partial charge in [0, 0.05) is 29.1 Å². The summed E-state index contributed by atoms with van der Waals surface area (Å²) in [5.41, 5.74) is 7.29. The average molecular weight is 406 g/mol. The largest absolute Gasteiger partial charge is 0.487 e. The molecule has 1 heterocycles. The van der Waals surface area contributed by atoms with E-state index in [1.165, 1.54) is 24.5 Å². The lowest BCUT2D eigenvalue weighted by atomic mass is 10.1. The predicted molar refractivity (Wildman–Crippen MR) is 109 cm³/mol. The number of carbonyl (C=O) groups is 2. The van der Waals surface area contributed by atoms with Crippen LogP contribution in [0.4, 0.5) is 11.4 Å². The molecular weight excluding hydrogens is 388 g/mol. The van der Waals surface area contributed by atoms with Crippen LogP contribution >= 0.6 is 0 Å². The Hall–Kier alpha value is -4.27. The van der Waals surface area contributed by atoms with Gasteiger partial charge in [-0.15, -0.1) is 0 Å². The van der Waals surface area contributed by atoms with Crippen LogP contribution < -0.4 is 15.8 Å². The van der Waals surface area contributed by atoms with Crippen LogP contribution in [-0.4, -0.2) is 21.7 Å². The summed E-state index contributed by atoms with van der Waals surface area (Å²) in [5.74, 6) is -0.650. The van der Waals surface area contributed by atoms with Crippen LogP contribution in [0.25, 0.3) is 0 Å². The maximum Gasteiger partial charge on any atom is 0.274 e. The highest BCUT2D eigenvalue weighted by Gasteiger charge is 2.13. The topological polar surface area (TPSA) is 137 Å². The monoisotopic (exact) mass is 406 g/mol. The first-order chi connectivity index (χ1) is 14.3. The number of hydrogen-bond acceptors (Lipinski definition) is 6. The zero-order valence-electron chi connectivity index (χ0n) is 16.0. The zero-order chi connectivity index (χ0) is 21.7. The van der Waals surface area contributed by atoms with Gasteiger partial charge in [0.15, 0.2) is 0 Å². The summed E-state index contributed by atoms with van der Waals surface area (Å²) < 4.78 is 5.61. The summed E-state index contributed by atoms with van der Waals surface area (Å²) >= 11 is 0. The van der Waals surface area contributed by atoms with E-state index in [0.717, 1.165) is 0 Å². The van der Waals surface area contributed by atoms with Gasteiger partial charge >= 0.3 is 0 Å². The molecule has 3 rings (SSSR count). The molecule has 3 N–H and O–H groups in total. The molecule has 0 radical (unpaired) electrons. The molecule has 0 spiro atoms. The van der Waals surface area contributed by atoms with E-state index in [4.69, 9.17) is 10.5 Å². The quantitative estimate of drug-likeness (QED) is 0.456. The summed E-state index contributed by atoms with van der Waals surface area (Å²) in [7, 11) is 0. The highest BCUT2D eigenvalue weighted by molar-refractivity contribution is 6.04. The van der Waals surface area contributed by atoms with E-state index >= 15 is 0 Å². The minimum atomic E-state index is -0.608. The van der Waals surface area contributed by atoms with E-state index in [2.05, 4.69) is 10.3 Å². The van der Waals surface area contributed by atoms with Crippen molar-refractivity contribution in [3.8, 4) is 5.75 Å². The number of benzene rings is 2. The Morgan fingerprint density at radius 2 is 1.93 bits per heavy atom. The van der Waals surface area contributed by atoms with Crippen molar-refractivity contribution in [2.24, 2.45) is 5.73 Å². The molecule has 0 saturated carbocycles. The highest BCUT2D eigenvalue weighted by atomic mass is 16.6. The number of amides is 2. The van der Waals surface area contributed by atoms with E-state index in [1.54, 1.807) is 43.3 Å². The summed E-state index contributed by atoms with van der Waals surface area (Å²) in [6.07, 6.45) is 2.79. The first kappa shape index (κ1) is 20.5. The molecule has 30 heavy (non-hydrogen) atoms. The number of pyridine rings is 1. The van der Waals surface area contributed by atoms with Crippen molar-refractivity contribution in [1.29, 1.82) is 0 Å².